The van der Waals surface area contributed by atoms with Gasteiger partial charge in [0.1, 0.15) is 11.6 Å². The number of carbonyl (C=O) groups excluding carboxylic acids is 1. The summed E-state index contributed by atoms with van der Waals surface area (Å²) < 4.78 is 32.1. The van der Waals surface area contributed by atoms with Crippen molar-refractivity contribution in [3.05, 3.63) is 60.3 Å². The van der Waals surface area contributed by atoms with E-state index >= 15 is 0 Å². The average Bonchev–Trinajstić information content (AvgIpc) is 3.21. The number of hydrogen-bond acceptors (Lipinski definition) is 5. The van der Waals surface area contributed by atoms with Crippen LogP contribution in [-0.4, -0.2) is 27.6 Å². The molecule has 6 nitrogen and oxygen atoms in total. The molecule has 3 aromatic rings. The van der Waals surface area contributed by atoms with Crippen molar-refractivity contribution in [2.24, 2.45) is 0 Å². The van der Waals surface area contributed by atoms with Crippen molar-refractivity contribution in [2.45, 2.75) is 12.3 Å². The average molecular weight is 342 g/mol. The zero-order chi connectivity index (χ0) is 17.4. The molecule has 0 bridgehead atoms. The Labute approximate surface area is 141 Å². The van der Waals surface area contributed by atoms with Crippen molar-refractivity contribution < 1.29 is 18.1 Å². The number of carbonyl (C=O) groups is 1. The minimum Gasteiger partial charge on any atom is -0.339 e. The summed E-state index contributed by atoms with van der Waals surface area (Å²) in [7, 11) is 0. The van der Waals surface area contributed by atoms with Crippen LogP contribution >= 0.6 is 0 Å². The Hall–Kier alpha value is -3.16. The number of pyridine rings is 1. The zero-order valence-electron chi connectivity index (χ0n) is 12.9. The first-order valence-electron chi connectivity index (χ1n) is 7.60. The van der Waals surface area contributed by atoms with Gasteiger partial charge in [-0.15, -0.1) is 0 Å². The summed E-state index contributed by atoms with van der Waals surface area (Å²) in [5.41, 5.74) is 0.878. The molecule has 1 atom stereocenters. The van der Waals surface area contributed by atoms with Crippen LogP contribution in [0.3, 0.4) is 0 Å². The van der Waals surface area contributed by atoms with E-state index in [2.05, 4.69) is 15.1 Å². The van der Waals surface area contributed by atoms with Gasteiger partial charge in [-0.1, -0.05) is 5.16 Å². The van der Waals surface area contributed by atoms with Gasteiger partial charge < -0.3 is 9.42 Å². The van der Waals surface area contributed by atoms with Gasteiger partial charge in [-0.2, -0.15) is 4.98 Å². The molecule has 25 heavy (non-hydrogen) atoms. The molecule has 1 aromatic carbocycles. The van der Waals surface area contributed by atoms with Crippen LogP contribution < -0.4 is 4.90 Å². The Morgan fingerprint density at radius 1 is 1.20 bits per heavy atom. The van der Waals surface area contributed by atoms with Gasteiger partial charge in [0.15, 0.2) is 0 Å². The van der Waals surface area contributed by atoms with Crippen molar-refractivity contribution in [2.75, 3.05) is 11.4 Å². The SMILES string of the molecule is O=C1CC(c2nc(-c3cccnc3)no2)CN1c1cc(F)cc(F)c1. The Morgan fingerprint density at radius 2 is 2.00 bits per heavy atom. The third-order valence-electron chi connectivity index (χ3n) is 3.99. The summed E-state index contributed by atoms with van der Waals surface area (Å²) >= 11 is 0. The molecule has 4 rings (SSSR count). The molecule has 0 aliphatic carbocycles. The fourth-order valence-corrected chi connectivity index (χ4v) is 2.83. The van der Waals surface area contributed by atoms with Gasteiger partial charge in [0.2, 0.25) is 17.6 Å². The molecule has 2 aromatic heterocycles. The first-order chi connectivity index (χ1) is 12.1. The van der Waals surface area contributed by atoms with Crippen LogP contribution in [0.25, 0.3) is 11.4 Å². The molecule has 1 fully saturated rings. The lowest BCUT2D eigenvalue weighted by Crippen LogP contribution is -2.24. The Morgan fingerprint density at radius 3 is 2.72 bits per heavy atom. The van der Waals surface area contributed by atoms with E-state index in [-0.39, 0.29) is 30.5 Å². The fourth-order valence-electron chi connectivity index (χ4n) is 2.83. The molecule has 0 saturated carbocycles. The number of amides is 1. The van der Waals surface area contributed by atoms with Crippen LogP contribution in [0, 0.1) is 11.6 Å². The highest BCUT2D eigenvalue weighted by Crippen LogP contribution is 2.32. The van der Waals surface area contributed by atoms with Crippen molar-refractivity contribution in [1.82, 2.24) is 15.1 Å². The molecule has 0 N–H and O–H groups in total. The third-order valence-corrected chi connectivity index (χ3v) is 3.99. The quantitative estimate of drug-likeness (QED) is 0.732. The Kier molecular flexibility index (Phi) is 3.72. The molecular formula is C17H12F2N4O2. The maximum Gasteiger partial charge on any atom is 0.232 e. The highest BCUT2D eigenvalue weighted by Gasteiger charge is 2.35. The number of aromatic nitrogens is 3. The van der Waals surface area contributed by atoms with Gasteiger partial charge in [-0.25, -0.2) is 8.78 Å². The minimum absolute atomic E-state index is 0.132. The molecule has 1 unspecified atom stereocenters. The van der Waals surface area contributed by atoms with Crippen LogP contribution in [-0.2, 0) is 4.79 Å². The molecule has 126 valence electrons. The van der Waals surface area contributed by atoms with Gasteiger partial charge in [0.25, 0.3) is 0 Å². The van der Waals surface area contributed by atoms with Crippen LogP contribution in [0.2, 0.25) is 0 Å². The van der Waals surface area contributed by atoms with Crippen LogP contribution in [0.5, 0.6) is 0 Å². The monoisotopic (exact) mass is 342 g/mol. The fraction of sp³-hybridized carbons (Fsp3) is 0.176. The Bertz CT molecular complexity index is 909. The van der Waals surface area contributed by atoms with E-state index in [1.54, 1.807) is 24.5 Å². The lowest BCUT2D eigenvalue weighted by Gasteiger charge is -2.16. The normalized spacial score (nSPS) is 17.3. The first-order valence-corrected chi connectivity index (χ1v) is 7.60. The van der Waals surface area contributed by atoms with Crippen molar-refractivity contribution >= 4 is 11.6 Å². The molecule has 1 aliphatic heterocycles. The number of anilines is 1. The van der Waals surface area contributed by atoms with E-state index in [4.69, 9.17) is 4.52 Å². The predicted molar refractivity (Wildman–Crippen MR) is 83.6 cm³/mol. The molecule has 3 heterocycles. The van der Waals surface area contributed by atoms with Crippen LogP contribution in [0.4, 0.5) is 14.5 Å². The van der Waals surface area contributed by atoms with E-state index in [1.807, 2.05) is 0 Å². The summed E-state index contributed by atoms with van der Waals surface area (Å²) in [6.07, 6.45) is 3.37. The second-order valence-corrected chi connectivity index (χ2v) is 5.73. The number of halogens is 2. The number of benzene rings is 1. The van der Waals surface area contributed by atoms with Crippen LogP contribution in [0.1, 0.15) is 18.2 Å². The van der Waals surface area contributed by atoms with Gasteiger partial charge in [-0.05, 0) is 24.3 Å². The molecule has 0 spiro atoms. The third kappa shape index (κ3) is 2.98. The smallest absolute Gasteiger partial charge is 0.232 e. The van der Waals surface area contributed by atoms with Gasteiger partial charge in [0.05, 0.1) is 5.92 Å². The van der Waals surface area contributed by atoms with Gasteiger partial charge in [0, 0.05) is 42.7 Å². The lowest BCUT2D eigenvalue weighted by molar-refractivity contribution is -0.117. The first kappa shape index (κ1) is 15.4. The molecule has 1 amide bonds. The number of nitrogens with zero attached hydrogens (tertiary/aromatic N) is 4. The summed E-state index contributed by atoms with van der Waals surface area (Å²) in [6.45, 7) is 0.219. The summed E-state index contributed by atoms with van der Waals surface area (Å²) in [5, 5.41) is 3.91. The van der Waals surface area contributed by atoms with Gasteiger partial charge >= 0.3 is 0 Å². The van der Waals surface area contributed by atoms with E-state index in [9.17, 15) is 13.6 Å². The number of rotatable bonds is 3. The Balaban J connectivity index is 1.57. The van der Waals surface area contributed by atoms with E-state index in [1.165, 1.54) is 4.90 Å². The lowest BCUT2D eigenvalue weighted by atomic mass is 10.1. The minimum atomic E-state index is -0.733. The molecule has 1 aliphatic rings. The van der Waals surface area contributed by atoms with E-state index < -0.39 is 11.6 Å². The standard InChI is InChI=1S/C17H12F2N4O2/c18-12-5-13(19)7-14(6-12)23-9-11(4-15(23)24)17-21-16(22-25-17)10-2-1-3-20-8-10/h1-3,5-8,11H,4,9H2. The topological polar surface area (TPSA) is 72.1 Å². The van der Waals surface area contributed by atoms with Crippen molar-refractivity contribution in [3.63, 3.8) is 0 Å². The molecule has 8 heteroatoms. The highest BCUT2D eigenvalue weighted by atomic mass is 19.1. The highest BCUT2D eigenvalue weighted by molar-refractivity contribution is 5.96. The van der Waals surface area contributed by atoms with E-state index in [0.29, 0.717) is 17.3 Å². The second-order valence-electron chi connectivity index (χ2n) is 5.73. The second kappa shape index (κ2) is 6.04. The zero-order valence-corrected chi connectivity index (χ0v) is 12.9. The molecule has 1 saturated heterocycles. The van der Waals surface area contributed by atoms with Crippen molar-refractivity contribution in [1.29, 1.82) is 0 Å². The molecular weight excluding hydrogens is 330 g/mol. The maximum absolute atomic E-state index is 13.4. The summed E-state index contributed by atoms with van der Waals surface area (Å²) in [4.78, 5) is 21.9. The largest absolute Gasteiger partial charge is 0.339 e. The molecule has 0 radical (unpaired) electrons. The van der Waals surface area contributed by atoms with Crippen molar-refractivity contribution in [3.8, 4) is 11.4 Å². The number of hydrogen-bond donors (Lipinski definition) is 0. The van der Waals surface area contributed by atoms with Crippen LogP contribution in [0.15, 0.2) is 47.2 Å². The van der Waals surface area contributed by atoms with Gasteiger partial charge in [-0.3, -0.25) is 9.78 Å². The maximum atomic E-state index is 13.4. The van der Waals surface area contributed by atoms with E-state index in [0.717, 1.165) is 18.2 Å². The predicted octanol–water partition coefficient (Wildman–Crippen LogP) is 2.93. The summed E-state index contributed by atoms with van der Waals surface area (Å²) in [5.74, 6) is -1.36. The summed E-state index contributed by atoms with van der Waals surface area (Å²) in [6, 6.07) is 6.56.